The summed E-state index contributed by atoms with van der Waals surface area (Å²) < 4.78 is 13.8. The minimum Gasteiger partial charge on any atom is -0.506 e. The van der Waals surface area contributed by atoms with Gasteiger partial charge in [-0.05, 0) is 59.5 Å². The van der Waals surface area contributed by atoms with Crippen LogP contribution < -0.4 is 5.56 Å². The Balaban J connectivity index is 1.94. The van der Waals surface area contributed by atoms with E-state index in [1.54, 1.807) is 31.2 Å². The largest absolute Gasteiger partial charge is 0.506 e. The Kier molecular flexibility index (Phi) is 4.57. The van der Waals surface area contributed by atoms with Crippen LogP contribution in [0.4, 0.5) is 4.39 Å². The van der Waals surface area contributed by atoms with Gasteiger partial charge in [0.05, 0.1) is 21.7 Å². The molecule has 6 heteroatoms. The van der Waals surface area contributed by atoms with Gasteiger partial charge in [0.1, 0.15) is 17.6 Å². The molecule has 29 heavy (non-hydrogen) atoms. The third-order valence-electron chi connectivity index (χ3n) is 4.72. The van der Waals surface area contributed by atoms with Gasteiger partial charge in [0.25, 0.3) is 5.56 Å². The minimum atomic E-state index is -0.497. The fourth-order valence-electron chi connectivity index (χ4n) is 3.41. The number of benzene rings is 3. The van der Waals surface area contributed by atoms with Crippen LogP contribution in [-0.2, 0) is 0 Å². The van der Waals surface area contributed by atoms with Crippen molar-refractivity contribution in [1.82, 2.24) is 4.98 Å². The lowest BCUT2D eigenvalue weighted by molar-refractivity contribution is 0.482. The number of rotatable bonds is 2. The molecule has 4 nitrogen and oxygen atoms in total. The molecule has 0 aliphatic heterocycles. The molecule has 1 heterocycles. The highest BCUT2D eigenvalue weighted by Gasteiger charge is 2.16. The van der Waals surface area contributed by atoms with E-state index in [1.807, 2.05) is 12.1 Å². The molecule has 0 bridgehead atoms. The molecule has 2 N–H and O–H groups in total. The van der Waals surface area contributed by atoms with Crippen LogP contribution in [0.2, 0.25) is 5.02 Å². The summed E-state index contributed by atoms with van der Waals surface area (Å²) in [6.07, 6.45) is 0. The van der Waals surface area contributed by atoms with E-state index < -0.39 is 5.56 Å². The summed E-state index contributed by atoms with van der Waals surface area (Å²) in [4.78, 5) is 15.4. The number of aryl methyl sites for hydroxylation is 1. The number of fused-ring (bicyclic) bond motifs is 1. The van der Waals surface area contributed by atoms with Crippen molar-refractivity contribution in [2.75, 3.05) is 0 Å². The number of aromatic amines is 1. The highest BCUT2D eigenvalue weighted by Crippen LogP contribution is 2.35. The topological polar surface area (TPSA) is 76.9 Å². The van der Waals surface area contributed by atoms with Crippen molar-refractivity contribution in [3.63, 3.8) is 0 Å². The number of hydrogen-bond acceptors (Lipinski definition) is 3. The van der Waals surface area contributed by atoms with Gasteiger partial charge in [0.2, 0.25) is 0 Å². The smallest absolute Gasteiger partial charge is 0.260 e. The molecule has 0 unspecified atom stereocenters. The summed E-state index contributed by atoms with van der Waals surface area (Å²) >= 11 is 6.02. The number of nitrogens with one attached hydrogen (secondary N) is 1. The number of pyridine rings is 1. The molecule has 0 saturated carbocycles. The number of nitriles is 1. The van der Waals surface area contributed by atoms with E-state index in [0.717, 1.165) is 5.56 Å². The van der Waals surface area contributed by atoms with Gasteiger partial charge in [0, 0.05) is 5.39 Å². The number of aromatic nitrogens is 1. The summed E-state index contributed by atoms with van der Waals surface area (Å²) in [5, 5.41) is 20.5. The van der Waals surface area contributed by atoms with E-state index in [-0.39, 0.29) is 27.7 Å². The zero-order valence-corrected chi connectivity index (χ0v) is 16.0. The predicted octanol–water partition coefficient (Wildman–Crippen LogP) is 5.54. The lowest BCUT2D eigenvalue weighted by atomic mass is 9.97. The number of aromatic hydroxyl groups is 1. The Morgan fingerprint density at radius 3 is 2.55 bits per heavy atom. The second-order valence-electron chi connectivity index (χ2n) is 6.77. The van der Waals surface area contributed by atoms with Crippen LogP contribution in [-0.4, -0.2) is 10.1 Å². The molecule has 0 saturated heterocycles. The molecular formula is C23H14ClFN2O2. The highest BCUT2D eigenvalue weighted by molar-refractivity contribution is 6.32. The first-order valence-electron chi connectivity index (χ1n) is 8.74. The maximum atomic E-state index is 13.8. The molecule has 1 aromatic heterocycles. The second-order valence-corrected chi connectivity index (χ2v) is 7.17. The molecule has 0 spiro atoms. The lowest BCUT2D eigenvalue weighted by Gasteiger charge is -2.11. The third kappa shape index (κ3) is 3.35. The molecule has 0 fully saturated rings. The maximum Gasteiger partial charge on any atom is 0.260 e. The molecule has 0 aliphatic rings. The molecule has 0 aliphatic carbocycles. The molecule has 4 aromatic rings. The first-order valence-corrected chi connectivity index (χ1v) is 9.12. The van der Waals surface area contributed by atoms with Crippen molar-refractivity contribution >= 4 is 22.5 Å². The quantitative estimate of drug-likeness (QED) is 0.460. The summed E-state index contributed by atoms with van der Waals surface area (Å²) in [6.45, 7) is 1.80. The number of H-pyrrole nitrogens is 1. The number of hydrogen-bond donors (Lipinski definition) is 2. The summed E-state index contributed by atoms with van der Waals surface area (Å²) in [6, 6.07) is 16.5. The van der Waals surface area contributed by atoms with Gasteiger partial charge in [-0.2, -0.15) is 5.26 Å². The van der Waals surface area contributed by atoms with E-state index in [4.69, 9.17) is 11.6 Å². The lowest BCUT2D eigenvalue weighted by Crippen LogP contribution is -2.09. The van der Waals surface area contributed by atoms with Crippen LogP contribution in [0.3, 0.4) is 0 Å². The highest BCUT2D eigenvalue weighted by atomic mass is 35.5. The van der Waals surface area contributed by atoms with Gasteiger partial charge in [-0.25, -0.2) is 4.39 Å². The fraction of sp³-hybridized carbons (Fsp3) is 0.0435. The van der Waals surface area contributed by atoms with Crippen molar-refractivity contribution in [3.8, 4) is 34.1 Å². The molecular weight excluding hydrogens is 391 g/mol. The Hall–Kier alpha value is -3.62. The predicted molar refractivity (Wildman–Crippen MR) is 112 cm³/mol. The molecule has 3 aromatic carbocycles. The zero-order valence-electron chi connectivity index (χ0n) is 15.3. The second kappa shape index (κ2) is 7.08. The first kappa shape index (κ1) is 18.7. The van der Waals surface area contributed by atoms with Crippen LogP contribution >= 0.6 is 11.6 Å². The van der Waals surface area contributed by atoms with E-state index in [2.05, 4.69) is 4.98 Å². The molecule has 4 rings (SSSR count). The molecule has 0 radical (unpaired) electrons. The normalized spacial score (nSPS) is 10.8. The van der Waals surface area contributed by atoms with Crippen molar-refractivity contribution in [2.24, 2.45) is 0 Å². The standard InChI is InChI=1S/C23H14ClFN2O2/c1-12-5-15(8-17(25)6-12)13-3-2-4-14(7-13)21-22(28)18-9-16(11-26)19(24)10-20(18)27-23(21)29/h2-10H,1H3,(H2,27,28,29). The van der Waals surface area contributed by atoms with Gasteiger partial charge in [-0.1, -0.05) is 35.9 Å². The average molecular weight is 405 g/mol. The van der Waals surface area contributed by atoms with Gasteiger partial charge < -0.3 is 10.1 Å². The van der Waals surface area contributed by atoms with Crippen molar-refractivity contribution in [3.05, 3.63) is 86.9 Å². The number of nitrogens with zero attached hydrogens (tertiary/aromatic N) is 1. The van der Waals surface area contributed by atoms with Crippen molar-refractivity contribution < 1.29 is 9.50 Å². The van der Waals surface area contributed by atoms with Crippen LogP contribution in [0.25, 0.3) is 33.2 Å². The summed E-state index contributed by atoms with van der Waals surface area (Å²) in [7, 11) is 0. The summed E-state index contributed by atoms with van der Waals surface area (Å²) in [5.74, 6) is -0.595. The first-order chi connectivity index (χ1) is 13.9. The van der Waals surface area contributed by atoms with Gasteiger partial charge in [-0.3, -0.25) is 4.79 Å². The Bertz CT molecular complexity index is 1370. The van der Waals surface area contributed by atoms with Gasteiger partial charge >= 0.3 is 0 Å². The third-order valence-corrected chi connectivity index (χ3v) is 5.03. The monoisotopic (exact) mass is 404 g/mol. The van der Waals surface area contributed by atoms with Gasteiger partial charge in [0.15, 0.2) is 0 Å². The van der Waals surface area contributed by atoms with Crippen LogP contribution in [0.15, 0.2) is 59.4 Å². The molecule has 0 amide bonds. The Morgan fingerprint density at radius 1 is 1.07 bits per heavy atom. The van der Waals surface area contributed by atoms with Crippen molar-refractivity contribution in [2.45, 2.75) is 6.92 Å². The Labute approximate surface area is 170 Å². The van der Waals surface area contributed by atoms with Crippen LogP contribution in [0.1, 0.15) is 11.1 Å². The molecule has 0 atom stereocenters. The SMILES string of the molecule is Cc1cc(F)cc(-c2cccc(-c3c(O)c4cc(C#N)c(Cl)cc4[nH]c3=O)c2)c1. The average Bonchev–Trinajstić information content (AvgIpc) is 2.67. The minimum absolute atomic E-state index is 0.0682. The van der Waals surface area contributed by atoms with E-state index in [0.29, 0.717) is 27.6 Å². The summed E-state index contributed by atoms with van der Waals surface area (Å²) in [5.41, 5.74) is 2.71. The van der Waals surface area contributed by atoms with Crippen molar-refractivity contribution in [1.29, 1.82) is 5.26 Å². The zero-order chi connectivity index (χ0) is 20.7. The van der Waals surface area contributed by atoms with Crippen LogP contribution in [0.5, 0.6) is 5.75 Å². The molecule has 142 valence electrons. The van der Waals surface area contributed by atoms with Crippen LogP contribution in [0, 0.1) is 24.1 Å². The van der Waals surface area contributed by atoms with E-state index in [9.17, 15) is 19.6 Å². The fourth-order valence-corrected chi connectivity index (χ4v) is 3.62. The number of halogens is 2. The maximum absolute atomic E-state index is 13.8. The Morgan fingerprint density at radius 2 is 1.83 bits per heavy atom. The van der Waals surface area contributed by atoms with E-state index >= 15 is 0 Å². The van der Waals surface area contributed by atoms with Gasteiger partial charge in [-0.15, -0.1) is 0 Å². The van der Waals surface area contributed by atoms with E-state index in [1.165, 1.54) is 24.3 Å².